The number of esters is 1. The van der Waals surface area contributed by atoms with Gasteiger partial charge in [0.2, 0.25) is 5.82 Å². The number of hydrogen-bond acceptors (Lipinski definition) is 6. The van der Waals surface area contributed by atoms with Crippen LogP contribution in [0.1, 0.15) is 0 Å². The second-order valence-electron chi connectivity index (χ2n) is 4.66. The highest BCUT2D eigenvalue weighted by Gasteiger charge is 2.10. The fourth-order valence-corrected chi connectivity index (χ4v) is 1.93. The zero-order valence-corrected chi connectivity index (χ0v) is 12.4. The van der Waals surface area contributed by atoms with Crippen molar-refractivity contribution in [3.63, 3.8) is 0 Å². The molecule has 0 saturated carbocycles. The van der Waals surface area contributed by atoms with E-state index in [2.05, 4.69) is 20.1 Å². The van der Waals surface area contributed by atoms with E-state index in [0.717, 1.165) is 11.3 Å². The summed E-state index contributed by atoms with van der Waals surface area (Å²) < 4.78 is 10.3. The van der Waals surface area contributed by atoms with Crippen LogP contribution in [0.3, 0.4) is 0 Å². The van der Waals surface area contributed by atoms with Crippen molar-refractivity contribution < 1.29 is 14.3 Å². The van der Waals surface area contributed by atoms with E-state index < -0.39 is 5.97 Å². The van der Waals surface area contributed by atoms with Crippen LogP contribution < -0.4 is 4.74 Å². The molecule has 0 spiro atoms. The van der Waals surface area contributed by atoms with Crippen LogP contribution in [0.15, 0.2) is 54.6 Å². The molecule has 7 heteroatoms. The lowest BCUT2D eigenvalue weighted by Gasteiger charge is -2.05. The highest BCUT2D eigenvalue weighted by Crippen LogP contribution is 2.25. The van der Waals surface area contributed by atoms with E-state index in [9.17, 15) is 4.79 Å². The first kappa shape index (κ1) is 14.7. The van der Waals surface area contributed by atoms with Gasteiger partial charge in [-0.15, -0.1) is 10.2 Å². The summed E-state index contributed by atoms with van der Waals surface area (Å²) in [6.45, 7) is -0.0797. The Morgan fingerprint density at radius 3 is 2.65 bits per heavy atom. The zero-order valence-electron chi connectivity index (χ0n) is 12.4. The van der Waals surface area contributed by atoms with E-state index in [4.69, 9.17) is 4.74 Å². The van der Waals surface area contributed by atoms with E-state index in [1.165, 1.54) is 11.9 Å². The topological polar surface area (TPSA) is 79.1 Å². The first-order chi connectivity index (χ1) is 11.2. The Morgan fingerprint density at radius 1 is 1.09 bits per heavy atom. The number of para-hydroxylation sites is 1. The van der Waals surface area contributed by atoms with E-state index in [1.807, 2.05) is 54.6 Å². The van der Waals surface area contributed by atoms with Gasteiger partial charge in [0.05, 0.1) is 7.11 Å². The van der Waals surface area contributed by atoms with Crippen molar-refractivity contribution in [3.05, 3.63) is 54.6 Å². The third kappa shape index (κ3) is 3.70. The predicted octanol–water partition coefficient (Wildman–Crippen LogP) is 2.31. The number of hydrogen-bond donors (Lipinski definition) is 0. The molecular weight excluding hydrogens is 296 g/mol. The van der Waals surface area contributed by atoms with Gasteiger partial charge in [0.1, 0.15) is 11.5 Å². The predicted molar refractivity (Wildman–Crippen MR) is 81.8 cm³/mol. The lowest BCUT2D eigenvalue weighted by molar-refractivity contribution is -0.141. The number of carbonyl (C=O) groups is 1. The maximum Gasteiger partial charge on any atom is 0.329 e. The number of methoxy groups -OCH3 is 1. The molecule has 0 aliphatic rings. The largest absolute Gasteiger partial charge is 0.468 e. The molecular formula is C16H14N4O3. The number of carbonyl (C=O) groups excluding carboxylic acids is 1. The molecule has 0 amide bonds. The maximum absolute atomic E-state index is 11.2. The zero-order chi connectivity index (χ0) is 16.1. The van der Waals surface area contributed by atoms with Gasteiger partial charge in [0.25, 0.3) is 0 Å². The molecule has 0 N–H and O–H groups in total. The molecule has 0 radical (unpaired) electrons. The molecule has 3 rings (SSSR count). The number of benzene rings is 2. The van der Waals surface area contributed by atoms with Gasteiger partial charge in [-0.05, 0) is 29.5 Å². The molecule has 0 bridgehead atoms. The van der Waals surface area contributed by atoms with Gasteiger partial charge in [-0.3, -0.25) is 0 Å². The lowest BCUT2D eigenvalue weighted by Crippen LogP contribution is -2.14. The highest BCUT2D eigenvalue weighted by molar-refractivity contribution is 5.68. The van der Waals surface area contributed by atoms with Crippen LogP contribution in [0.25, 0.3) is 11.4 Å². The highest BCUT2D eigenvalue weighted by atomic mass is 16.5. The van der Waals surface area contributed by atoms with Crippen LogP contribution in [-0.4, -0.2) is 33.3 Å². The van der Waals surface area contributed by atoms with Crippen molar-refractivity contribution in [1.29, 1.82) is 0 Å². The van der Waals surface area contributed by atoms with Crippen LogP contribution in [0.2, 0.25) is 0 Å². The number of rotatable bonds is 5. The van der Waals surface area contributed by atoms with Gasteiger partial charge in [-0.2, -0.15) is 4.80 Å². The summed E-state index contributed by atoms with van der Waals surface area (Å²) in [6, 6.07) is 16.8. The Labute approximate surface area is 132 Å². The summed E-state index contributed by atoms with van der Waals surface area (Å²) in [4.78, 5) is 12.4. The summed E-state index contributed by atoms with van der Waals surface area (Å²) in [5.74, 6) is 1.38. The number of ether oxygens (including phenoxy) is 2. The fourth-order valence-electron chi connectivity index (χ4n) is 1.93. The molecule has 116 valence electrons. The molecule has 7 nitrogen and oxygen atoms in total. The van der Waals surface area contributed by atoms with E-state index in [-0.39, 0.29) is 6.54 Å². The summed E-state index contributed by atoms with van der Waals surface area (Å²) in [6.07, 6.45) is 0. The molecule has 2 aromatic carbocycles. The second kappa shape index (κ2) is 6.69. The third-order valence-corrected chi connectivity index (χ3v) is 3.02. The van der Waals surface area contributed by atoms with Crippen LogP contribution in [-0.2, 0) is 16.1 Å². The van der Waals surface area contributed by atoms with Crippen molar-refractivity contribution in [3.8, 4) is 22.9 Å². The van der Waals surface area contributed by atoms with Gasteiger partial charge in [0.15, 0.2) is 6.54 Å². The standard InChI is InChI=1S/C16H14N4O3/c1-22-15(21)11-20-18-16(17-19-20)12-6-5-9-14(10-12)23-13-7-3-2-4-8-13/h2-10H,11H2,1H3. The average molecular weight is 310 g/mol. The first-order valence-electron chi connectivity index (χ1n) is 6.92. The Hall–Kier alpha value is -3.22. The molecule has 0 unspecified atom stereocenters. The van der Waals surface area contributed by atoms with Gasteiger partial charge in [-0.25, -0.2) is 4.79 Å². The molecule has 1 heterocycles. The summed E-state index contributed by atoms with van der Waals surface area (Å²) in [7, 11) is 1.31. The van der Waals surface area contributed by atoms with Crippen molar-refractivity contribution in [2.75, 3.05) is 7.11 Å². The van der Waals surface area contributed by atoms with Gasteiger partial charge in [-0.1, -0.05) is 30.3 Å². The molecule has 0 saturated heterocycles. The molecule has 3 aromatic rings. The van der Waals surface area contributed by atoms with Crippen molar-refractivity contribution in [2.45, 2.75) is 6.54 Å². The minimum absolute atomic E-state index is 0.0797. The van der Waals surface area contributed by atoms with Gasteiger partial charge in [0, 0.05) is 5.56 Å². The minimum Gasteiger partial charge on any atom is -0.468 e. The second-order valence-corrected chi connectivity index (χ2v) is 4.66. The number of aromatic nitrogens is 4. The molecule has 0 atom stereocenters. The molecule has 23 heavy (non-hydrogen) atoms. The Bertz CT molecular complexity index is 802. The monoisotopic (exact) mass is 310 g/mol. The molecule has 1 aromatic heterocycles. The maximum atomic E-state index is 11.2. The van der Waals surface area contributed by atoms with E-state index in [1.54, 1.807) is 0 Å². The summed E-state index contributed by atoms with van der Waals surface area (Å²) >= 11 is 0. The lowest BCUT2D eigenvalue weighted by atomic mass is 10.2. The fraction of sp³-hybridized carbons (Fsp3) is 0.125. The Morgan fingerprint density at radius 2 is 1.87 bits per heavy atom. The van der Waals surface area contributed by atoms with E-state index in [0.29, 0.717) is 11.6 Å². The molecule has 0 fully saturated rings. The molecule has 0 aliphatic heterocycles. The summed E-state index contributed by atoms with van der Waals surface area (Å²) in [5.41, 5.74) is 0.745. The van der Waals surface area contributed by atoms with E-state index >= 15 is 0 Å². The van der Waals surface area contributed by atoms with Gasteiger partial charge >= 0.3 is 5.97 Å². The van der Waals surface area contributed by atoms with Crippen LogP contribution >= 0.6 is 0 Å². The molecule has 0 aliphatic carbocycles. The minimum atomic E-state index is -0.435. The first-order valence-corrected chi connectivity index (χ1v) is 6.92. The smallest absolute Gasteiger partial charge is 0.329 e. The Kier molecular flexibility index (Phi) is 4.28. The van der Waals surface area contributed by atoms with Crippen LogP contribution in [0.4, 0.5) is 0 Å². The third-order valence-electron chi connectivity index (χ3n) is 3.02. The Balaban J connectivity index is 1.78. The average Bonchev–Trinajstić information content (AvgIpc) is 3.04. The van der Waals surface area contributed by atoms with Crippen LogP contribution in [0, 0.1) is 0 Å². The SMILES string of the molecule is COC(=O)Cn1nnc(-c2cccc(Oc3ccccc3)c2)n1. The van der Waals surface area contributed by atoms with Crippen molar-refractivity contribution in [2.24, 2.45) is 0 Å². The summed E-state index contributed by atoms with van der Waals surface area (Å²) in [5, 5.41) is 11.9. The van der Waals surface area contributed by atoms with Gasteiger partial charge < -0.3 is 9.47 Å². The normalized spacial score (nSPS) is 10.3. The number of nitrogens with zero attached hydrogens (tertiary/aromatic N) is 4. The number of tetrazole rings is 1. The van der Waals surface area contributed by atoms with Crippen molar-refractivity contribution >= 4 is 5.97 Å². The quantitative estimate of drug-likeness (QED) is 0.673. The van der Waals surface area contributed by atoms with Crippen molar-refractivity contribution in [1.82, 2.24) is 20.2 Å². The van der Waals surface area contributed by atoms with Crippen LogP contribution in [0.5, 0.6) is 11.5 Å².